The highest BCUT2D eigenvalue weighted by atomic mass is 19.4. The van der Waals surface area contributed by atoms with Crippen molar-refractivity contribution in [1.82, 2.24) is 0 Å². The van der Waals surface area contributed by atoms with Gasteiger partial charge in [0.05, 0.1) is 11.0 Å². The van der Waals surface area contributed by atoms with Crippen LogP contribution in [0.4, 0.5) is 13.2 Å². The number of rotatable bonds is 3. The lowest BCUT2D eigenvalue weighted by molar-refractivity contribution is -0.274. The Hall–Kier alpha value is -1.99. The molecule has 2 aromatic carbocycles. The van der Waals surface area contributed by atoms with Crippen molar-refractivity contribution in [3.63, 3.8) is 0 Å². The molecule has 0 amide bonds. The van der Waals surface area contributed by atoms with Crippen molar-refractivity contribution < 1.29 is 38.9 Å². The predicted octanol–water partition coefficient (Wildman–Crippen LogP) is 1.93. The van der Waals surface area contributed by atoms with E-state index in [1.807, 2.05) is 0 Å². The maximum atomic E-state index is 12.6. The van der Waals surface area contributed by atoms with Gasteiger partial charge >= 0.3 is 13.5 Å². The largest absolute Gasteiger partial charge is 0.573 e. The number of benzene rings is 2. The highest BCUT2D eigenvalue weighted by molar-refractivity contribution is 6.58. The minimum Gasteiger partial charge on any atom is -0.423 e. The Kier molecular flexibility index (Phi) is 1.99. The molecule has 0 spiro atoms. The van der Waals surface area contributed by atoms with Crippen molar-refractivity contribution in [2.24, 2.45) is 0 Å². The topological polar surface area (TPSA) is 49.7 Å². The summed E-state index contributed by atoms with van der Waals surface area (Å²) < 4.78 is 104. The van der Waals surface area contributed by atoms with E-state index in [1.54, 1.807) is 0 Å². The molecule has 0 atom stereocenters. The van der Waals surface area contributed by atoms with E-state index < -0.39 is 84.2 Å². The first-order chi connectivity index (χ1) is 12.7. The molecule has 2 rings (SSSR count). The van der Waals surface area contributed by atoms with Crippen LogP contribution in [0.1, 0.15) is 11.0 Å². The third-order valence-electron chi connectivity index (χ3n) is 1.97. The molecule has 0 aromatic heterocycles. The Morgan fingerprint density at radius 1 is 1.00 bits per heavy atom. The Bertz CT molecular complexity index is 968. The van der Waals surface area contributed by atoms with Gasteiger partial charge < -0.3 is 14.8 Å². The number of hydrogen-bond acceptors (Lipinski definition) is 3. The summed E-state index contributed by atoms with van der Waals surface area (Å²) in [6, 6.07) is -8.34. The smallest absolute Gasteiger partial charge is 0.423 e. The lowest BCUT2D eigenvalue weighted by Crippen LogP contribution is -2.29. The number of alkyl halides is 3. The third-order valence-corrected chi connectivity index (χ3v) is 1.97. The van der Waals surface area contributed by atoms with Crippen molar-refractivity contribution in [3.05, 3.63) is 48.3 Å². The monoisotopic (exact) mass is 290 g/mol. The third kappa shape index (κ3) is 3.75. The van der Waals surface area contributed by atoms with Gasteiger partial charge in [0.2, 0.25) is 0 Å². The molecule has 0 aliphatic heterocycles. The maximum absolute atomic E-state index is 12.6. The lowest BCUT2D eigenvalue weighted by atomic mass is 9.79. The fraction of sp³-hybridized carbons (Fsp3) is 0.0769. The molecule has 2 N–H and O–H groups in total. The summed E-state index contributed by atoms with van der Waals surface area (Å²) in [6.45, 7) is 0. The van der Waals surface area contributed by atoms with Crippen molar-refractivity contribution in [1.29, 1.82) is 0 Å². The quantitative estimate of drug-likeness (QED) is 0.849. The predicted molar refractivity (Wildman–Crippen MR) is 68.4 cm³/mol. The SMILES string of the molecule is [2H]c1c([2H])c(OC(F)(F)F)c([2H])c(-c2c([2H])c([2H])c([2H])c(B(O)O)c2[2H])c1[2H]. The van der Waals surface area contributed by atoms with Gasteiger partial charge in [0.1, 0.15) is 5.75 Å². The highest BCUT2D eigenvalue weighted by Crippen LogP contribution is 2.27. The molecule has 7 heteroatoms. The normalized spacial score (nSPS) is 16.9. The molecular weight excluding hydrogens is 272 g/mol. The van der Waals surface area contributed by atoms with E-state index in [0.29, 0.717) is 0 Å². The molecule has 0 aliphatic rings. The summed E-state index contributed by atoms with van der Waals surface area (Å²) in [7, 11) is -2.45. The first kappa shape index (κ1) is 7.15. The molecule has 0 unspecified atom stereocenters. The molecular formula is C13H10BF3O3. The average Bonchev–Trinajstić information content (AvgIpc) is 2.57. The summed E-state index contributed by atoms with van der Waals surface area (Å²) >= 11 is 0. The van der Waals surface area contributed by atoms with Gasteiger partial charge in [0.15, 0.2) is 0 Å². The van der Waals surface area contributed by atoms with Crippen LogP contribution in [0.5, 0.6) is 5.75 Å². The molecule has 2 aromatic rings. The number of ether oxygens (including phenoxy) is 1. The van der Waals surface area contributed by atoms with Gasteiger partial charge in [-0.2, -0.15) is 0 Å². The van der Waals surface area contributed by atoms with E-state index in [4.69, 9.17) is 11.0 Å². The maximum Gasteiger partial charge on any atom is 0.573 e. The summed E-state index contributed by atoms with van der Waals surface area (Å²) in [5, 5.41) is 18.7. The van der Waals surface area contributed by atoms with Crippen LogP contribution < -0.4 is 10.2 Å². The first-order valence-electron chi connectivity index (χ1n) is 9.03. The first-order valence-corrected chi connectivity index (χ1v) is 5.03. The molecule has 0 fully saturated rings. The van der Waals surface area contributed by atoms with Crippen molar-refractivity contribution in [2.75, 3.05) is 0 Å². The minimum absolute atomic E-state index is 0.834. The van der Waals surface area contributed by atoms with Crippen molar-refractivity contribution in [3.8, 4) is 16.9 Å². The lowest BCUT2D eigenvalue weighted by Gasteiger charge is -2.10. The second-order valence-corrected chi connectivity index (χ2v) is 3.41. The van der Waals surface area contributed by atoms with Crippen LogP contribution in [0.15, 0.2) is 48.3 Å². The zero-order valence-corrected chi connectivity index (χ0v) is 9.51. The fourth-order valence-electron chi connectivity index (χ4n) is 1.23. The molecule has 104 valence electrons. The zero-order valence-electron chi connectivity index (χ0n) is 17.5. The number of halogens is 3. The molecule has 0 bridgehead atoms. The summed E-state index contributed by atoms with van der Waals surface area (Å²) in [6.07, 6.45) is -5.34. The standard InChI is InChI=1S/C13H10BF3O3/c15-13(16,17)20-12-6-2-4-10(8-12)9-3-1-5-11(7-9)14(18)19/h1-8,18-19H/i1D,2D,3D,4D,5D,6D,7D,8D. The van der Waals surface area contributed by atoms with Gasteiger partial charge in [-0.1, -0.05) is 36.3 Å². The van der Waals surface area contributed by atoms with E-state index >= 15 is 0 Å². The Morgan fingerprint density at radius 3 is 2.20 bits per heavy atom. The molecule has 0 radical (unpaired) electrons. The summed E-state index contributed by atoms with van der Waals surface area (Å²) in [4.78, 5) is 0. The molecule has 20 heavy (non-hydrogen) atoms. The van der Waals surface area contributed by atoms with E-state index in [0.717, 1.165) is 0 Å². The van der Waals surface area contributed by atoms with Crippen LogP contribution in [0, 0.1) is 0 Å². The molecule has 0 aliphatic carbocycles. The van der Waals surface area contributed by atoms with Crippen LogP contribution in [-0.2, 0) is 0 Å². The van der Waals surface area contributed by atoms with Crippen molar-refractivity contribution >= 4 is 12.6 Å². The van der Waals surface area contributed by atoms with Crippen LogP contribution in [-0.4, -0.2) is 23.5 Å². The molecule has 3 nitrogen and oxygen atoms in total. The average molecular weight is 290 g/mol. The zero-order chi connectivity index (χ0) is 21.7. The minimum atomic E-state index is -5.34. The summed E-state index contributed by atoms with van der Waals surface area (Å²) in [5.74, 6) is -1.45. The Labute approximate surface area is 124 Å². The highest BCUT2D eigenvalue weighted by Gasteiger charge is 2.31. The van der Waals surface area contributed by atoms with Crippen molar-refractivity contribution in [2.45, 2.75) is 6.36 Å². The second-order valence-electron chi connectivity index (χ2n) is 3.41. The second kappa shape index (κ2) is 5.56. The Balaban J connectivity index is 3.02. The van der Waals surface area contributed by atoms with Gasteiger partial charge in [-0.25, -0.2) is 0 Å². The van der Waals surface area contributed by atoms with Crippen LogP contribution in [0.2, 0.25) is 0 Å². The van der Waals surface area contributed by atoms with Crippen LogP contribution in [0.25, 0.3) is 11.1 Å². The van der Waals surface area contributed by atoms with Gasteiger partial charge in [-0.15, -0.1) is 13.2 Å². The number of hydrogen-bond donors (Lipinski definition) is 2. The van der Waals surface area contributed by atoms with Gasteiger partial charge in [-0.3, -0.25) is 0 Å². The fourth-order valence-corrected chi connectivity index (χ4v) is 1.23. The molecule has 0 saturated heterocycles. The van der Waals surface area contributed by atoms with Gasteiger partial charge in [0, 0.05) is 0 Å². The van der Waals surface area contributed by atoms with Crippen LogP contribution in [0.3, 0.4) is 0 Å². The molecule has 0 saturated carbocycles. The van der Waals surface area contributed by atoms with Gasteiger partial charge in [-0.05, 0) is 28.7 Å². The van der Waals surface area contributed by atoms with E-state index in [2.05, 4.69) is 4.74 Å². The van der Waals surface area contributed by atoms with Gasteiger partial charge in [0.25, 0.3) is 0 Å². The van der Waals surface area contributed by atoms with E-state index in [-0.39, 0.29) is 0 Å². The van der Waals surface area contributed by atoms with E-state index in [1.165, 1.54) is 0 Å². The Morgan fingerprint density at radius 2 is 1.60 bits per heavy atom. The van der Waals surface area contributed by atoms with E-state index in [9.17, 15) is 23.2 Å². The van der Waals surface area contributed by atoms with Crippen LogP contribution >= 0.6 is 0 Å². The summed E-state index contributed by atoms with van der Waals surface area (Å²) in [5.41, 5.74) is -2.61. The molecule has 0 heterocycles.